The van der Waals surface area contributed by atoms with Crippen molar-refractivity contribution in [3.05, 3.63) is 0 Å². The number of rotatable bonds is 3. The van der Waals surface area contributed by atoms with Crippen LogP contribution in [-0.2, 0) is 9.53 Å². The lowest BCUT2D eigenvalue weighted by atomic mass is 10.1. The molecule has 0 bridgehead atoms. The van der Waals surface area contributed by atoms with E-state index in [9.17, 15) is 4.79 Å². The van der Waals surface area contributed by atoms with Crippen LogP contribution in [0.2, 0.25) is 0 Å². The van der Waals surface area contributed by atoms with Crippen LogP contribution in [0.3, 0.4) is 0 Å². The predicted molar refractivity (Wildman–Crippen MR) is 42.6 cm³/mol. The Hall–Kier alpha value is -0.610. The fourth-order valence-electron chi connectivity index (χ4n) is 0.413. The van der Waals surface area contributed by atoms with Crippen molar-refractivity contribution >= 4 is 5.97 Å². The lowest BCUT2D eigenvalue weighted by Gasteiger charge is -2.21. The Morgan fingerprint density at radius 3 is 2.27 bits per heavy atom. The molecule has 0 aromatic heterocycles. The first-order chi connectivity index (χ1) is 4.52. The van der Waals surface area contributed by atoms with Crippen molar-refractivity contribution in [1.29, 1.82) is 0 Å². The van der Waals surface area contributed by atoms with Crippen LogP contribution in [0, 0.1) is 0 Å². The zero-order chi connectivity index (χ0) is 8.20. The number of ether oxygens (including phenoxy) is 1. The second-order valence-electron chi connectivity index (χ2n) is 2.75. The van der Waals surface area contributed by atoms with Crippen molar-refractivity contribution in [3.63, 3.8) is 0 Å². The van der Waals surface area contributed by atoms with Crippen molar-refractivity contribution < 1.29 is 14.6 Å². The highest BCUT2D eigenvalue weighted by Crippen LogP contribution is 2.08. The first-order valence-corrected chi connectivity index (χ1v) is 3.34. The number of hydrogen-bond donors (Lipinski definition) is 2. The summed E-state index contributed by atoms with van der Waals surface area (Å²) < 4.78 is 4.85. The molecule has 0 unspecified atom stereocenters. The van der Waals surface area contributed by atoms with Crippen LogP contribution in [0.25, 0.3) is 0 Å². The van der Waals surface area contributed by atoms with Crippen molar-refractivity contribution in [3.8, 4) is 0 Å². The maximum Gasteiger partial charge on any atom is 0.306 e. The maximum absolute atomic E-state index is 10.7. The highest BCUT2D eigenvalue weighted by Gasteiger charge is 2.20. The Balaban J connectivity index is 0. The van der Waals surface area contributed by atoms with E-state index in [1.54, 1.807) is 20.8 Å². The number of carbonyl (C=O) groups is 1. The van der Waals surface area contributed by atoms with Gasteiger partial charge in [-0.2, -0.15) is 0 Å². The van der Waals surface area contributed by atoms with E-state index in [0.717, 1.165) is 0 Å². The zero-order valence-electron chi connectivity index (χ0n) is 7.39. The van der Waals surface area contributed by atoms with Crippen LogP contribution < -0.4 is 6.15 Å². The Bertz CT molecular complexity index is 123. The van der Waals surface area contributed by atoms with Crippen molar-refractivity contribution in [2.75, 3.05) is 6.61 Å². The first-order valence-electron chi connectivity index (χ1n) is 3.34. The molecule has 0 heterocycles. The highest BCUT2D eigenvalue weighted by atomic mass is 16.6. The molecule has 4 heteroatoms. The summed E-state index contributed by atoms with van der Waals surface area (Å²) in [5.74, 6) is -0.279. The van der Waals surface area contributed by atoms with Gasteiger partial charge < -0.3 is 16.0 Å². The van der Waals surface area contributed by atoms with E-state index in [4.69, 9.17) is 9.84 Å². The quantitative estimate of drug-likeness (QED) is 0.605. The standard InChI is InChI=1S/C7H14O3.H3N/c1-4-6(9)10-7(2,3)5-8;/h8H,4-5H2,1-3H3;1H3. The molecule has 0 aromatic rings. The monoisotopic (exact) mass is 163 g/mol. The molecule has 0 aliphatic heterocycles. The van der Waals surface area contributed by atoms with E-state index >= 15 is 0 Å². The maximum atomic E-state index is 10.7. The summed E-state index contributed by atoms with van der Waals surface area (Å²) in [6.45, 7) is 4.91. The average molecular weight is 163 g/mol. The minimum absolute atomic E-state index is 0. The molecule has 4 N–H and O–H groups in total. The number of hydrogen-bond acceptors (Lipinski definition) is 4. The van der Waals surface area contributed by atoms with Crippen LogP contribution in [0.15, 0.2) is 0 Å². The Kier molecular flexibility index (Phi) is 6.03. The average Bonchev–Trinajstić information content (AvgIpc) is 1.87. The molecule has 0 atom stereocenters. The van der Waals surface area contributed by atoms with Crippen LogP contribution >= 0.6 is 0 Å². The molecule has 0 saturated carbocycles. The minimum atomic E-state index is -0.729. The van der Waals surface area contributed by atoms with E-state index in [1.165, 1.54) is 0 Å². The van der Waals surface area contributed by atoms with Gasteiger partial charge in [0.25, 0.3) is 0 Å². The summed E-state index contributed by atoms with van der Waals surface area (Å²) in [5, 5.41) is 8.66. The summed E-state index contributed by atoms with van der Waals surface area (Å²) in [7, 11) is 0. The van der Waals surface area contributed by atoms with E-state index in [2.05, 4.69) is 0 Å². The fraction of sp³-hybridized carbons (Fsp3) is 0.857. The Morgan fingerprint density at radius 2 is 2.00 bits per heavy atom. The first kappa shape index (κ1) is 13.0. The van der Waals surface area contributed by atoms with Crippen LogP contribution in [0.4, 0.5) is 0 Å². The lowest BCUT2D eigenvalue weighted by Crippen LogP contribution is -2.31. The zero-order valence-corrected chi connectivity index (χ0v) is 7.39. The third kappa shape index (κ3) is 5.82. The predicted octanol–water partition coefficient (Wildman–Crippen LogP) is 0.873. The van der Waals surface area contributed by atoms with Crippen molar-refractivity contribution in [1.82, 2.24) is 6.15 Å². The third-order valence-corrected chi connectivity index (χ3v) is 1.06. The molecule has 0 aliphatic carbocycles. The molecule has 0 aromatic carbocycles. The Labute approximate surface area is 67.1 Å². The fourth-order valence-corrected chi connectivity index (χ4v) is 0.413. The summed E-state index contributed by atoms with van der Waals surface area (Å²) in [4.78, 5) is 10.7. The molecule has 0 amide bonds. The smallest absolute Gasteiger partial charge is 0.306 e. The SMILES string of the molecule is CCC(=O)OC(C)(C)CO.N. The second-order valence-corrected chi connectivity index (χ2v) is 2.75. The van der Waals surface area contributed by atoms with Gasteiger partial charge in [0.1, 0.15) is 5.60 Å². The summed E-state index contributed by atoms with van der Waals surface area (Å²) in [6, 6.07) is 0. The molecule has 0 aliphatic rings. The van der Waals surface area contributed by atoms with Gasteiger partial charge in [0.15, 0.2) is 0 Å². The second kappa shape index (κ2) is 5.09. The molecular weight excluding hydrogens is 146 g/mol. The van der Waals surface area contributed by atoms with Crippen LogP contribution in [0.5, 0.6) is 0 Å². The van der Waals surface area contributed by atoms with Crippen molar-refractivity contribution in [2.45, 2.75) is 32.8 Å². The molecule has 0 spiro atoms. The number of aliphatic hydroxyl groups is 1. The van der Waals surface area contributed by atoms with Gasteiger partial charge in [0, 0.05) is 6.42 Å². The van der Waals surface area contributed by atoms with E-state index < -0.39 is 5.60 Å². The van der Waals surface area contributed by atoms with Gasteiger partial charge in [-0.1, -0.05) is 6.92 Å². The number of carbonyl (C=O) groups excluding carboxylic acids is 1. The van der Waals surface area contributed by atoms with Gasteiger partial charge in [-0.15, -0.1) is 0 Å². The van der Waals surface area contributed by atoms with Gasteiger partial charge in [0.05, 0.1) is 6.61 Å². The lowest BCUT2D eigenvalue weighted by molar-refractivity contribution is -0.159. The molecular formula is C7H17NO3. The molecule has 0 saturated heterocycles. The van der Waals surface area contributed by atoms with Crippen LogP contribution in [0.1, 0.15) is 27.2 Å². The van der Waals surface area contributed by atoms with E-state index in [-0.39, 0.29) is 18.7 Å². The van der Waals surface area contributed by atoms with Gasteiger partial charge in [0.2, 0.25) is 0 Å². The molecule has 0 fully saturated rings. The van der Waals surface area contributed by atoms with E-state index in [0.29, 0.717) is 6.42 Å². The molecule has 0 rings (SSSR count). The largest absolute Gasteiger partial charge is 0.457 e. The molecule has 11 heavy (non-hydrogen) atoms. The highest BCUT2D eigenvalue weighted by molar-refractivity contribution is 5.69. The van der Waals surface area contributed by atoms with E-state index in [1.807, 2.05) is 0 Å². The Morgan fingerprint density at radius 1 is 1.55 bits per heavy atom. The molecule has 0 radical (unpaired) electrons. The molecule has 68 valence electrons. The number of aliphatic hydroxyl groups excluding tert-OH is 1. The van der Waals surface area contributed by atoms with Gasteiger partial charge in [-0.25, -0.2) is 0 Å². The normalized spacial score (nSPS) is 10.2. The number of esters is 1. The third-order valence-electron chi connectivity index (χ3n) is 1.06. The van der Waals surface area contributed by atoms with Gasteiger partial charge in [-0.05, 0) is 13.8 Å². The summed E-state index contributed by atoms with van der Waals surface area (Å²) in [6.07, 6.45) is 0.351. The van der Waals surface area contributed by atoms with Gasteiger partial charge >= 0.3 is 5.97 Å². The van der Waals surface area contributed by atoms with Crippen LogP contribution in [-0.4, -0.2) is 23.3 Å². The topological polar surface area (TPSA) is 81.5 Å². The summed E-state index contributed by atoms with van der Waals surface area (Å²) >= 11 is 0. The summed E-state index contributed by atoms with van der Waals surface area (Å²) in [5.41, 5.74) is -0.729. The van der Waals surface area contributed by atoms with Crippen molar-refractivity contribution in [2.24, 2.45) is 0 Å². The molecule has 4 nitrogen and oxygen atoms in total. The minimum Gasteiger partial charge on any atom is -0.457 e. The van der Waals surface area contributed by atoms with Gasteiger partial charge in [-0.3, -0.25) is 4.79 Å².